The molecule has 1 fully saturated rings. The van der Waals surface area contributed by atoms with Crippen LogP contribution in [-0.4, -0.2) is 35.7 Å². The molecule has 0 spiro atoms. The van der Waals surface area contributed by atoms with Crippen LogP contribution in [0.3, 0.4) is 0 Å². The normalized spacial score (nSPS) is 27.8. The first kappa shape index (κ1) is 11.8. The van der Waals surface area contributed by atoms with Crippen LogP contribution in [-0.2, 0) is 0 Å². The summed E-state index contributed by atoms with van der Waals surface area (Å²) in [6, 6.07) is 6.19. The van der Waals surface area contributed by atoms with E-state index in [2.05, 4.69) is 4.90 Å². The number of likely N-dealkylation sites (tertiary alicyclic amines) is 1. The monoisotopic (exact) mass is 248 g/mol. The maximum absolute atomic E-state index is 9.48. The van der Waals surface area contributed by atoms with Crippen LogP contribution < -0.4 is 10.5 Å². The fraction of sp³-hybridized carbons (Fsp3) is 0.571. The number of hydrogen-bond acceptors (Lipinski definition) is 4. The van der Waals surface area contributed by atoms with Crippen molar-refractivity contribution in [2.75, 3.05) is 19.7 Å². The van der Waals surface area contributed by atoms with Crippen molar-refractivity contribution in [2.45, 2.75) is 31.3 Å². The van der Waals surface area contributed by atoms with Crippen molar-refractivity contribution >= 4 is 0 Å². The maximum atomic E-state index is 9.48. The summed E-state index contributed by atoms with van der Waals surface area (Å²) >= 11 is 0. The summed E-state index contributed by atoms with van der Waals surface area (Å²) in [5.41, 5.74) is 7.07. The number of hydrogen-bond donors (Lipinski definition) is 2. The SMILES string of the molecule is NCC1CCCCN1C1COc2cc(O)ccc21. The number of piperidine rings is 1. The Balaban J connectivity index is 1.86. The fourth-order valence-corrected chi connectivity index (χ4v) is 3.14. The van der Waals surface area contributed by atoms with Crippen molar-refractivity contribution < 1.29 is 9.84 Å². The first-order chi connectivity index (χ1) is 8.79. The van der Waals surface area contributed by atoms with E-state index in [4.69, 9.17) is 10.5 Å². The Bertz CT molecular complexity index is 436. The Kier molecular flexibility index (Phi) is 3.14. The first-order valence-corrected chi connectivity index (χ1v) is 6.71. The quantitative estimate of drug-likeness (QED) is 0.835. The molecule has 0 amide bonds. The highest BCUT2D eigenvalue weighted by Gasteiger charge is 2.34. The number of nitrogens with two attached hydrogens (primary N) is 1. The van der Waals surface area contributed by atoms with Crippen LogP contribution in [0.5, 0.6) is 11.5 Å². The third-order valence-electron chi connectivity index (χ3n) is 4.10. The third-order valence-corrected chi connectivity index (χ3v) is 4.10. The van der Waals surface area contributed by atoms with Gasteiger partial charge in [-0.15, -0.1) is 0 Å². The highest BCUT2D eigenvalue weighted by Crippen LogP contribution is 2.40. The lowest BCUT2D eigenvalue weighted by Crippen LogP contribution is -2.46. The Labute approximate surface area is 107 Å². The highest BCUT2D eigenvalue weighted by molar-refractivity contribution is 5.44. The zero-order valence-corrected chi connectivity index (χ0v) is 10.5. The van der Waals surface area contributed by atoms with Crippen molar-refractivity contribution in [3.05, 3.63) is 23.8 Å². The number of nitrogens with zero attached hydrogens (tertiary/aromatic N) is 1. The fourth-order valence-electron chi connectivity index (χ4n) is 3.14. The van der Waals surface area contributed by atoms with E-state index >= 15 is 0 Å². The minimum Gasteiger partial charge on any atom is -0.508 e. The molecule has 0 aromatic heterocycles. The molecule has 2 heterocycles. The Morgan fingerprint density at radius 1 is 1.39 bits per heavy atom. The Morgan fingerprint density at radius 3 is 3.11 bits per heavy atom. The zero-order valence-electron chi connectivity index (χ0n) is 10.5. The van der Waals surface area contributed by atoms with Gasteiger partial charge in [-0.1, -0.05) is 6.42 Å². The molecule has 2 unspecified atom stereocenters. The van der Waals surface area contributed by atoms with Crippen LogP contribution in [0.2, 0.25) is 0 Å². The van der Waals surface area contributed by atoms with E-state index in [0.29, 0.717) is 25.2 Å². The average molecular weight is 248 g/mol. The molecule has 2 aliphatic heterocycles. The molecule has 1 saturated heterocycles. The number of phenolic OH excluding ortho intramolecular Hbond substituents is 1. The Hall–Kier alpha value is -1.26. The van der Waals surface area contributed by atoms with Crippen LogP contribution in [0.1, 0.15) is 30.9 Å². The van der Waals surface area contributed by atoms with E-state index in [-0.39, 0.29) is 5.75 Å². The molecule has 2 aliphatic rings. The van der Waals surface area contributed by atoms with Gasteiger partial charge in [0.2, 0.25) is 0 Å². The highest BCUT2D eigenvalue weighted by atomic mass is 16.5. The molecule has 4 nitrogen and oxygen atoms in total. The molecule has 2 atom stereocenters. The summed E-state index contributed by atoms with van der Waals surface area (Å²) in [4.78, 5) is 2.48. The van der Waals surface area contributed by atoms with Gasteiger partial charge >= 0.3 is 0 Å². The molecule has 1 aromatic carbocycles. The molecule has 3 N–H and O–H groups in total. The van der Waals surface area contributed by atoms with Gasteiger partial charge in [0.25, 0.3) is 0 Å². The molecule has 0 aliphatic carbocycles. The predicted molar refractivity (Wildman–Crippen MR) is 69.7 cm³/mol. The zero-order chi connectivity index (χ0) is 12.5. The topological polar surface area (TPSA) is 58.7 Å². The minimum absolute atomic E-state index is 0.267. The summed E-state index contributed by atoms with van der Waals surface area (Å²) in [5, 5.41) is 9.48. The van der Waals surface area contributed by atoms with Crippen LogP contribution in [0.15, 0.2) is 18.2 Å². The van der Waals surface area contributed by atoms with Gasteiger partial charge in [-0.05, 0) is 31.5 Å². The average Bonchev–Trinajstić information content (AvgIpc) is 2.81. The van der Waals surface area contributed by atoms with Gasteiger partial charge in [0, 0.05) is 24.2 Å². The van der Waals surface area contributed by atoms with E-state index in [9.17, 15) is 5.11 Å². The van der Waals surface area contributed by atoms with Crippen molar-refractivity contribution in [2.24, 2.45) is 5.73 Å². The molecular weight excluding hydrogens is 228 g/mol. The van der Waals surface area contributed by atoms with Gasteiger partial charge in [0.15, 0.2) is 0 Å². The number of benzene rings is 1. The molecule has 4 heteroatoms. The summed E-state index contributed by atoms with van der Waals surface area (Å²) in [7, 11) is 0. The van der Waals surface area contributed by atoms with Crippen LogP contribution in [0.25, 0.3) is 0 Å². The number of fused-ring (bicyclic) bond motifs is 1. The minimum atomic E-state index is 0.267. The van der Waals surface area contributed by atoms with E-state index in [1.165, 1.54) is 24.8 Å². The van der Waals surface area contributed by atoms with Gasteiger partial charge in [-0.3, -0.25) is 4.90 Å². The van der Waals surface area contributed by atoms with Crippen LogP contribution >= 0.6 is 0 Å². The van der Waals surface area contributed by atoms with Crippen molar-refractivity contribution in [1.82, 2.24) is 4.90 Å². The third kappa shape index (κ3) is 1.95. The lowest BCUT2D eigenvalue weighted by molar-refractivity contribution is 0.0841. The second kappa shape index (κ2) is 4.78. The van der Waals surface area contributed by atoms with Gasteiger partial charge in [0.05, 0.1) is 6.04 Å². The summed E-state index contributed by atoms with van der Waals surface area (Å²) in [6.07, 6.45) is 3.69. The number of ether oxygens (including phenoxy) is 1. The first-order valence-electron chi connectivity index (χ1n) is 6.71. The number of aromatic hydroxyl groups is 1. The maximum Gasteiger partial charge on any atom is 0.127 e. The second-order valence-electron chi connectivity index (χ2n) is 5.17. The summed E-state index contributed by atoms with van der Waals surface area (Å²) in [6.45, 7) is 2.48. The van der Waals surface area contributed by atoms with Crippen LogP contribution in [0.4, 0.5) is 0 Å². The van der Waals surface area contributed by atoms with E-state index < -0.39 is 0 Å². The Morgan fingerprint density at radius 2 is 2.28 bits per heavy atom. The second-order valence-corrected chi connectivity index (χ2v) is 5.17. The summed E-state index contributed by atoms with van der Waals surface area (Å²) in [5.74, 6) is 1.09. The van der Waals surface area contributed by atoms with Gasteiger partial charge in [0.1, 0.15) is 18.1 Å². The lowest BCUT2D eigenvalue weighted by atomic mass is 9.97. The molecule has 3 rings (SSSR count). The van der Waals surface area contributed by atoms with Crippen molar-refractivity contribution in [3.63, 3.8) is 0 Å². The molecule has 1 aromatic rings. The predicted octanol–water partition coefficient (Wildman–Crippen LogP) is 1.64. The molecule has 0 radical (unpaired) electrons. The molecule has 0 saturated carbocycles. The number of rotatable bonds is 2. The lowest BCUT2D eigenvalue weighted by Gasteiger charge is -2.38. The summed E-state index contributed by atoms with van der Waals surface area (Å²) < 4.78 is 5.70. The van der Waals surface area contributed by atoms with Gasteiger partial charge in [-0.2, -0.15) is 0 Å². The van der Waals surface area contributed by atoms with Gasteiger partial charge in [-0.25, -0.2) is 0 Å². The van der Waals surface area contributed by atoms with Crippen molar-refractivity contribution in [3.8, 4) is 11.5 Å². The van der Waals surface area contributed by atoms with Gasteiger partial charge < -0.3 is 15.6 Å². The molecular formula is C14H20N2O2. The van der Waals surface area contributed by atoms with E-state index in [1.807, 2.05) is 6.07 Å². The van der Waals surface area contributed by atoms with Crippen LogP contribution in [0, 0.1) is 0 Å². The largest absolute Gasteiger partial charge is 0.508 e. The molecule has 98 valence electrons. The smallest absolute Gasteiger partial charge is 0.127 e. The molecule has 18 heavy (non-hydrogen) atoms. The van der Waals surface area contributed by atoms with E-state index in [1.54, 1.807) is 12.1 Å². The molecule has 0 bridgehead atoms. The van der Waals surface area contributed by atoms with E-state index in [0.717, 1.165) is 12.3 Å². The standard InChI is InChI=1S/C14H20N2O2/c15-8-10-3-1-2-6-16(10)13-9-18-14-7-11(17)4-5-12(13)14/h4-5,7,10,13,17H,1-3,6,8-9,15H2. The van der Waals surface area contributed by atoms with Crippen molar-refractivity contribution in [1.29, 1.82) is 0 Å². The number of phenols is 1.